The molecule has 18 heavy (non-hydrogen) atoms. The average Bonchev–Trinajstić information content (AvgIpc) is 3.19. The maximum absolute atomic E-state index is 12.0. The van der Waals surface area contributed by atoms with E-state index >= 15 is 0 Å². The molecule has 0 bridgehead atoms. The van der Waals surface area contributed by atoms with Gasteiger partial charge < -0.3 is 5.73 Å². The highest BCUT2D eigenvalue weighted by Crippen LogP contribution is 2.44. The van der Waals surface area contributed by atoms with Gasteiger partial charge in [0.25, 0.3) is 0 Å². The van der Waals surface area contributed by atoms with Gasteiger partial charge in [-0.25, -0.2) is 17.7 Å². The van der Waals surface area contributed by atoms with Crippen LogP contribution >= 0.6 is 23.7 Å². The Morgan fingerprint density at radius 3 is 2.61 bits per heavy atom. The summed E-state index contributed by atoms with van der Waals surface area (Å²) in [5.74, 6) is 0. The molecule has 0 spiro atoms. The predicted octanol–water partition coefficient (Wildman–Crippen LogP) is 1.44. The van der Waals surface area contributed by atoms with Gasteiger partial charge >= 0.3 is 0 Å². The Labute approximate surface area is 117 Å². The van der Waals surface area contributed by atoms with Crippen LogP contribution < -0.4 is 10.0 Å². The Bertz CT molecular complexity index is 549. The number of sulfonamides is 1. The van der Waals surface area contributed by atoms with Crippen molar-refractivity contribution in [3.05, 3.63) is 11.1 Å². The highest BCUT2D eigenvalue weighted by molar-refractivity contribution is 7.93. The Balaban J connectivity index is 0.00000120. The predicted molar refractivity (Wildman–Crippen MR) is 74.8 cm³/mol. The molecule has 2 fully saturated rings. The van der Waals surface area contributed by atoms with Gasteiger partial charge in [-0.05, 0) is 25.7 Å². The number of hydrogen-bond donors (Lipinski definition) is 1. The van der Waals surface area contributed by atoms with E-state index in [1.165, 1.54) is 15.6 Å². The highest BCUT2D eigenvalue weighted by atomic mass is 35.5. The summed E-state index contributed by atoms with van der Waals surface area (Å²) in [4.78, 5) is 4.36. The number of anilines is 1. The van der Waals surface area contributed by atoms with Crippen LogP contribution in [0, 0.1) is 0 Å². The Morgan fingerprint density at radius 2 is 2.11 bits per heavy atom. The smallest absolute Gasteiger partial charge is 0.239 e. The lowest BCUT2D eigenvalue weighted by atomic mass is 10.2. The molecule has 8 heteroatoms. The van der Waals surface area contributed by atoms with Crippen molar-refractivity contribution in [2.75, 3.05) is 11.4 Å². The molecule has 2 aliphatic carbocycles. The van der Waals surface area contributed by atoms with Crippen molar-refractivity contribution in [3.63, 3.8) is 0 Å². The number of nitrogens with zero attached hydrogens (tertiary/aromatic N) is 2. The molecule has 102 valence electrons. The SMILES string of the molecule is CN(c1nc(C2(N)CC2)cs1)S(=O)(=O)C1CC1.Cl. The third kappa shape index (κ3) is 2.24. The average molecular weight is 310 g/mol. The van der Waals surface area contributed by atoms with Crippen LogP contribution in [-0.4, -0.2) is 25.7 Å². The van der Waals surface area contributed by atoms with Crippen molar-refractivity contribution < 1.29 is 8.42 Å². The zero-order chi connectivity index (χ0) is 12.3. The number of rotatable bonds is 4. The quantitative estimate of drug-likeness (QED) is 0.913. The molecule has 1 aromatic heterocycles. The first-order valence-electron chi connectivity index (χ1n) is 5.66. The molecule has 2 saturated carbocycles. The van der Waals surface area contributed by atoms with Gasteiger partial charge in [0.15, 0.2) is 5.13 Å². The summed E-state index contributed by atoms with van der Waals surface area (Å²) in [7, 11) is -1.61. The summed E-state index contributed by atoms with van der Waals surface area (Å²) in [6.45, 7) is 0. The van der Waals surface area contributed by atoms with Crippen molar-refractivity contribution in [2.45, 2.75) is 36.5 Å². The summed E-state index contributed by atoms with van der Waals surface area (Å²) in [5, 5.41) is 2.21. The van der Waals surface area contributed by atoms with Crippen LogP contribution in [0.5, 0.6) is 0 Å². The van der Waals surface area contributed by atoms with Crippen molar-refractivity contribution in [1.82, 2.24) is 4.98 Å². The molecule has 0 radical (unpaired) electrons. The molecule has 0 unspecified atom stereocenters. The first-order chi connectivity index (χ1) is 7.93. The molecule has 5 nitrogen and oxygen atoms in total. The fourth-order valence-corrected chi connectivity index (χ4v) is 4.41. The summed E-state index contributed by atoms with van der Waals surface area (Å²) in [6, 6.07) is 0. The van der Waals surface area contributed by atoms with Crippen molar-refractivity contribution >= 4 is 38.9 Å². The summed E-state index contributed by atoms with van der Waals surface area (Å²) < 4.78 is 25.4. The third-order valence-electron chi connectivity index (χ3n) is 3.39. The lowest BCUT2D eigenvalue weighted by molar-refractivity contribution is 0.592. The zero-order valence-electron chi connectivity index (χ0n) is 10.00. The minimum atomic E-state index is -3.19. The standard InChI is InChI=1S/C10H15N3O2S2.ClH/c1-13(17(14,15)7-2-3-7)9-12-8(6-16-9)10(11)4-5-10;/h6-7H,2-5,11H2,1H3;1H. The van der Waals surface area contributed by atoms with Gasteiger partial charge in [0.05, 0.1) is 16.5 Å². The lowest BCUT2D eigenvalue weighted by Gasteiger charge is -2.15. The van der Waals surface area contributed by atoms with Crippen molar-refractivity contribution in [2.24, 2.45) is 5.73 Å². The molecule has 3 rings (SSSR count). The van der Waals surface area contributed by atoms with Crippen molar-refractivity contribution in [1.29, 1.82) is 0 Å². The minimum Gasteiger partial charge on any atom is -0.320 e. The van der Waals surface area contributed by atoms with Crippen LogP contribution in [0.25, 0.3) is 0 Å². The second-order valence-corrected chi connectivity index (χ2v) is 7.96. The number of hydrogen-bond acceptors (Lipinski definition) is 5. The minimum absolute atomic E-state index is 0. The molecule has 0 atom stereocenters. The fourth-order valence-electron chi connectivity index (χ4n) is 1.73. The second-order valence-electron chi connectivity index (χ2n) is 4.88. The maximum Gasteiger partial charge on any atom is 0.239 e. The fraction of sp³-hybridized carbons (Fsp3) is 0.700. The van der Waals surface area contributed by atoms with Gasteiger partial charge in [0, 0.05) is 12.4 Å². The van der Waals surface area contributed by atoms with Gasteiger partial charge in [0.1, 0.15) is 0 Å². The van der Waals surface area contributed by atoms with E-state index in [0.29, 0.717) is 5.13 Å². The molecular weight excluding hydrogens is 294 g/mol. The number of thiazole rings is 1. The van der Waals surface area contributed by atoms with Crippen LogP contribution in [0.4, 0.5) is 5.13 Å². The van der Waals surface area contributed by atoms with Gasteiger partial charge in [-0.2, -0.15) is 0 Å². The maximum atomic E-state index is 12.0. The number of aromatic nitrogens is 1. The molecule has 0 saturated heterocycles. The van der Waals surface area contributed by atoms with Crippen molar-refractivity contribution in [3.8, 4) is 0 Å². The van der Waals surface area contributed by atoms with Crippen LogP contribution in [0.2, 0.25) is 0 Å². The van der Waals surface area contributed by atoms with E-state index in [1.54, 1.807) is 7.05 Å². The van der Waals surface area contributed by atoms with E-state index in [-0.39, 0.29) is 23.2 Å². The first-order valence-corrected chi connectivity index (χ1v) is 8.04. The molecule has 2 aliphatic rings. The van der Waals surface area contributed by atoms with E-state index < -0.39 is 10.0 Å². The summed E-state index contributed by atoms with van der Waals surface area (Å²) in [5.41, 5.74) is 6.58. The molecular formula is C10H16ClN3O2S2. The van der Waals surface area contributed by atoms with E-state index in [9.17, 15) is 8.42 Å². The summed E-state index contributed by atoms with van der Waals surface area (Å²) in [6.07, 6.45) is 3.42. The third-order valence-corrected chi connectivity index (χ3v) is 6.67. The van der Waals surface area contributed by atoms with E-state index in [4.69, 9.17) is 5.73 Å². The topological polar surface area (TPSA) is 76.3 Å². The highest BCUT2D eigenvalue weighted by Gasteiger charge is 2.44. The molecule has 0 aliphatic heterocycles. The van der Waals surface area contributed by atoms with Gasteiger partial charge in [-0.15, -0.1) is 23.7 Å². The number of halogens is 1. The molecule has 0 aromatic carbocycles. The van der Waals surface area contributed by atoms with E-state index in [1.807, 2.05) is 5.38 Å². The lowest BCUT2D eigenvalue weighted by Crippen LogP contribution is -2.30. The van der Waals surface area contributed by atoms with Gasteiger partial charge in [0.2, 0.25) is 10.0 Å². The van der Waals surface area contributed by atoms with E-state index in [2.05, 4.69) is 4.98 Å². The Kier molecular flexibility index (Phi) is 3.38. The molecule has 2 N–H and O–H groups in total. The second kappa shape index (κ2) is 4.33. The normalized spacial score (nSPS) is 21.2. The number of nitrogens with two attached hydrogens (primary N) is 1. The molecule has 0 amide bonds. The monoisotopic (exact) mass is 309 g/mol. The van der Waals surface area contributed by atoms with Gasteiger partial charge in [-0.3, -0.25) is 0 Å². The summed E-state index contributed by atoms with van der Waals surface area (Å²) >= 11 is 1.35. The van der Waals surface area contributed by atoms with E-state index in [0.717, 1.165) is 31.4 Å². The largest absolute Gasteiger partial charge is 0.320 e. The Morgan fingerprint density at radius 1 is 1.50 bits per heavy atom. The van der Waals surface area contributed by atoms with Crippen LogP contribution in [-0.2, 0) is 15.6 Å². The molecule has 1 aromatic rings. The van der Waals surface area contributed by atoms with Crippen LogP contribution in [0.3, 0.4) is 0 Å². The molecule has 1 heterocycles. The zero-order valence-corrected chi connectivity index (χ0v) is 12.4. The Hall–Kier alpha value is -0.370. The van der Waals surface area contributed by atoms with Gasteiger partial charge in [-0.1, -0.05) is 0 Å². The first kappa shape index (κ1) is 14.0. The van der Waals surface area contributed by atoms with Crippen LogP contribution in [0.15, 0.2) is 5.38 Å². The van der Waals surface area contributed by atoms with Crippen LogP contribution in [0.1, 0.15) is 31.4 Å².